The van der Waals surface area contributed by atoms with Crippen molar-refractivity contribution in [3.8, 4) is 0 Å². The Morgan fingerprint density at radius 1 is 1.25 bits per heavy atom. The molecule has 1 N–H and O–H groups in total. The lowest BCUT2D eigenvalue weighted by Crippen LogP contribution is -2.40. The van der Waals surface area contributed by atoms with E-state index < -0.39 is 24.2 Å². The quantitative estimate of drug-likeness (QED) is 0.851. The molecular formula is C13H16BrFN2O3. The Balaban J connectivity index is 2.93. The summed E-state index contributed by atoms with van der Waals surface area (Å²) in [6.45, 7) is 0.364. The number of benzene rings is 1. The maximum atomic E-state index is 13.3. The van der Waals surface area contributed by atoms with Crippen molar-refractivity contribution >= 4 is 27.8 Å². The molecule has 0 aliphatic carbocycles. The number of likely N-dealkylation sites (N-methyl/N-ethyl adjacent to an activating group) is 1. The van der Waals surface area contributed by atoms with E-state index >= 15 is 0 Å². The van der Waals surface area contributed by atoms with Crippen molar-refractivity contribution in [2.24, 2.45) is 0 Å². The molecule has 0 aliphatic rings. The van der Waals surface area contributed by atoms with Crippen LogP contribution in [0.25, 0.3) is 0 Å². The Morgan fingerprint density at radius 2 is 1.90 bits per heavy atom. The second kappa shape index (κ2) is 7.35. The van der Waals surface area contributed by atoms with Crippen LogP contribution in [0.5, 0.6) is 0 Å². The molecule has 5 nitrogen and oxygen atoms in total. The molecule has 0 atom stereocenters. The molecule has 20 heavy (non-hydrogen) atoms. The zero-order chi connectivity index (χ0) is 15.3. The second-order valence-corrected chi connectivity index (χ2v) is 5.50. The van der Waals surface area contributed by atoms with E-state index in [1.165, 1.54) is 17.0 Å². The monoisotopic (exact) mass is 346 g/mol. The van der Waals surface area contributed by atoms with Gasteiger partial charge in [0.1, 0.15) is 12.4 Å². The van der Waals surface area contributed by atoms with Gasteiger partial charge in [-0.15, -0.1) is 0 Å². The number of carbonyl (C=O) groups is 2. The highest BCUT2D eigenvalue weighted by molar-refractivity contribution is 9.10. The van der Waals surface area contributed by atoms with E-state index in [1.54, 1.807) is 0 Å². The van der Waals surface area contributed by atoms with Crippen molar-refractivity contribution < 1.29 is 19.1 Å². The number of hydrogen-bond donors (Lipinski definition) is 1. The molecule has 0 saturated carbocycles. The van der Waals surface area contributed by atoms with Gasteiger partial charge in [-0.25, -0.2) is 4.39 Å². The first-order chi connectivity index (χ1) is 9.29. The lowest BCUT2D eigenvalue weighted by Gasteiger charge is -2.22. The van der Waals surface area contributed by atoms with Gasteiger partial charge in [-0.1, -0.05) is 15.9 Å². The largest absolute Gasteiger partial charge is 0.480 e. The summed E-state index contributed by atoms with van der Waals surface area (Å²) in [5.74, 6) is -2.16. The van der Waals surface area contributed by atoms with E-state index in [-0.39, 0.29) is 12.1 Å². The van der Waals surface area contributed by atoms with E-state index in [1.807, 2.05) is 19.0 Å². The number of nitrogens with zero attached hydrogens (tertiary/aromatic N) is 2. The van der Waals surface area contributed by atoms with E-state index in [4.69, 9.17) is 5.11 Å². The summed E-state index contributed by atoms with van der Waals surface area (Å²) < 4.78 is 13.7. The van der Waals surface area contributed by atoms with Crippen LogP contribution in [0.3, 0.4) is 0 Å². The third-order valence-electron chi connectivity index (χ3n) is 2.54. The van der Waals surface area contributed by atoms with Crippen molar-refractivity contribution in [1.82, 2.24) is 9.80 Å². The predicted octanol–water partition coefficient (Wildman–Crippen LogP) is 1.68. The Bertz CT molecular complexity index is 488. The van der Waals surface area contributed by atoms with Crippen molar-refractivity contribution in [2.75, 3.05) is 33.7 Å². The summed E-state index contributed by atoms with van der Waals surface area (Å²) in [4.78, 5) is 26.1. The van der Waals surface area contributed by atoms with E-state index in [0.717, 1.165) is 6.07 Å². The number of rotatable bonds is 6. The smallest absolute Gasteiger partial charge is 0.323 e. The van der Waals surface area contributed by atoms with Crippen LogP contribution in [0.2, 0.25) is 0 Å². The van der Waals surface area contributed by atoms with Gasteiger partial charge in [0.05, 0.1) is 0 Å². The molecular weight excluding hydrogens is 331 g/mol. The average Bonchev–Trinajstić information content (AvgIpc) is 2.31. The molecule has 0 saturated heterocycles. The van der Waals surface area contributed by atoms with Crippen LogP contribution in [0.1, 0.15) is 10.4 Å². The minimum absolute atomic E-state index is 0.122. The van der Waals surface area contributed by atoms with Crippen LogP contribution in [-0.2, 0) is 4.79 Å². The fraction of sp³-hybridized carbons (Fsp3) is 0.385. The van der Waals surface area contributed by atoms with Gasteiger partial charge in [0.15, 0.2) is 0 Å². The maximum Gasteiger partial charge on any atom is 0.323 e. The topological polar surface area (TPSA) is 60.9 Å². The van der Waals surface area contributed by atoms with Crippen LogP contribution in [0, 0.1) is 5.82 Å². The number of halogens is 2. The molecule has 1 amide bonds. The summed E-state index contributed by atoms with van der Waals surface area (Å²) in [6, 6.07) is 3.80. The van der Waals surface area contributed by atoms with Crippen molar-refractivity contribution in [2.45, 2.75) is 0 Å². The number of carboxylic acid groups (broad SMARTS) is 1. The van der Waals surface area contributed by atoms with Crippen LogP contribution in [0.15, 0.2) is 22.7 Å². The zero-order valence-corrected chi connectivity index (χ0v) is 12.9. The molecule has 0 spiro atoms. The van der Waals surface area contributed by atoms with Gasteiger partial charge < -0.3 is 14.9 Å². The lowest BCUT2D eigenvalue weighted by molar-refractivity contribution is -0.137. The Morgan fingerprint density at radius 3 is 2.40 bits per heavy atom. The number of carboxylic acids is 1. The fourth-order valence-electron chi connectivity index (χ4n) is 1.60. The summed E-state index contributed by atoms with van der Waals surface area (Å²) in [6.07, 6.45) is 0. The number of carbonyl (C=O) groups excluding carboxylic acids is 1. The van der Waals surface area contributed by atoms with Crippen LogP contribution in [-0.4, -0.2) is 60.5 Å². The molecule has 0 aromatic heterocycles. The SMILES string of the molecule is CN(C)CCN(CC(=O)O)C(=O)c1cc(F)cc(Br)c1. The van der Waals surface area contributed by atoms with Gasteiger partial charge >= 0.3 is 5.97 Å². The normalized spacial score (nSPS) is 10.7. The third-order valence-corrected chi connectivity index (χ3v) is 3.00. The lowest BCUT2D eigenvalue weighted by atomic mass is 10.2. The Hall–Kier alpha value is -1.47. The minimum atomic E-state index is -1.10. The standard InChI is InChI=1S/C13H16BrFN2O3/c1-16(2)3-4-17(8-12(18)19)13(20)9-5-10(14)7-11(15)6-9/h5-7H,3-4,8H2,1-2H3,(H,18,19). The minimum Gasteiger partial charge on any atom is -0.480 e. The third kappa shape index (κ3) is 5.26. The zero-order valence-electron chi connectivity index (χ0n) is 11.3. The highest BCUT2D eigenvalue weighted by atomic mass is 79.9. The Labute approximate surface area is 125 Å². The summed E-state index contributed by atoms with van der Waals surface area (Å²) >= 11 is 3.11. The number of amides is 1. The number of hydrogen-bond acceptors (Lipinski definition) is 3. The van der Waals surface area contributed by atoms with E-state index in [0.29, 0.717) is 11.0 Å². The molecule has 110 valence electrons. The Kier molecular flexibility index (Phi) is 6.09. The van der Waals surface area contributed by atoms with Gasteiger partial charge in [0, 0.05) is 23.1 Å². The molecule has 0 unspecified atom stereocenters. The molecule has 0 aliphatic heterocycles. The van der Waals surface area contributed by atoms with Crippen LogP contribution >= 0.6 is 15.9 Å². The van der Waals surface area contributed by atoms with Crippen molar-refractivity contribution in [1.29, 1.82) is 0 Å². The molecule has 0 radical (unpaired) electrons. The first-order valence-corrected chi connectivity index (χ1v) is 6.71. The number of aliphatic carboxylic acids is 1. The highest BCUT2D eigenvalue weighted by Gasteiger charge is 2.19. The van der Waals surface area contributed by atoms with Gasteiger partial charge in [-0.2, -0.15) is 0 Å². The fourth-order valence-corrected chi connectivity index (χ4v) is 2.06. The van der Waals surface area contributed by atoms with Gasteiger partial charge in [-0.05, 0) is 32.3 Å². The van der Waals surface area contributed by atoms with Gasteiger partial charge in [0.25, 0.3) is 5.91 Å². The summed E-state index contributed by atoms with van der Waals surface area (Å²) in [5.41, 5.74) is 0.122. The molecule has 1 rings (SSSR count). The second-order valence-electron chi connectivity index (χ2n) is 4.58. The average molecular weight is 347 g/mol. The van der Waals surface area contributed by atoms with Gasteiger partial charge in [-0.3, -0.25) is 9.59 Å². The molecule has 0 fully saturated rings. The van der Waals surface area contributed by atoms with Crippen LogP contribution in [0.4, 0.5) is 4.39 Å². The summed E-state index contributed by atoms with van der Waals surface area (Å²) in [7, 11) is 3.64. The molecule has 1 aromatic rings. The van der Waals surface area contributed by atoms with E-state index in [2.05, 4.69) is 15.9 Å². The maximum absolute atomic E-state index is 13.3. The highest BCUT2D eigenvalue weighted by Crippen LogP contribution is 2.16. The first kappa shape index (κ1) is 16.6. The molecule has 1 aromatic carbocycles. The predicted molar refractivity (Wildman–Crippen MR) is 76.2 cm³/mol. The first-order valence-electron chi connectivity index (χ1n) is 5.91. The van der Waals surface area contributed by atoms with E-state index in [9.17, 15) is 14.0 Å². The molecule has 0 heterocycles. The van der Waals surface area contributed by atoms with Crippen molar-refractivity contribution in [3.63, 3.8) is 0 Å². The van der Waals surface area contributed by atoms with Crippen molar-refractivity contribution in [3.05, 3.63) is 34.1 Å². The molecule has 7 heteroatoms. The van der Waals surface area contributed by atoms with Gasteiger partial charge in [0.2, 0.25) is 0 Å². The van der Waals surface area contributed by atoms with Crippen LogP contribution < -0.4 is 0 Å². The molecule has 0 bridgehead atoms. The summed E-state index contributed by atoms with van der Waals surface area (Å²) in [5, 5.41) is 8.86.